The van der Waals surface area contributed by atoms with E-state index in [4.69, 9.17) is 4.99 Å². The number of hydrogen-bond acceptors (Lipinski definition) is 2. The van der Waals surface area contributed by atoms with Gasteiger partial charge in [-0.05, 0) is 36.4 Å². The van der Waals surface area contributed by atoms with Crippen molar-refractivity contribution in [1.82, 2.24) is 5.43 Å². The molecule has 19 heavy (non-hydrogen) atoms. The maximum atomic E-state index is 4.74. The predicted octanol–water partition coefficient (Wildman–Crippen LogP) is 0.853. The van der Waals surface area contributed by atoms with Crippen molar-refractivity contribution in [1.29, 1.82) is 0 Å². The molecule has 0 spiro atoms. The molecule has 2 heterocycles. The number of aliphatic imine (C=N–C) groups is 1. The number of amidine groups is 2. The van der Waals surface area contributed by atoms with Gasteiger partial charge in [0.15, 0.2) is 0 Å². The molecule has 0 saturated carbocycles. The second-order valence-electron chi connectivity index (χ2n) is 5.09. The standard InChI is InChI=1S/C15H20N4/c1-3-7-13(8-4-1)19-12-10-15(18-19)17-14-9-5-2-6-11-16-14/h1,3-4,7-8H,2,5-6,9-12H2,(H,16,17,18)/p+1. The number of hydrazine groups is 1. The van der Waals surface area contributed by atoms with Crippen LogP contribution in [0.2, 0.25) is 0 Å². The van der Waals surface area contributed by atoms with E-state index in [9.17, 15) is 0 Å². The van der Waals surface area contributed by atoms with E-state index in [0.717, 1.165) is 37.6 Å². The van der Waals surface area contributed by atoms with Gasteiger partial charge >= 0.3 is 0 Å². The summed E-state index contributed by atoms with van der Waals surface area (Å²) in [7, 11) is 0. The largest absolute Gasteiger partial charge is 0.293 e. The van der Waals surface area contributed by atoms with Gasteiger partial charge < -0.3 is 0 Å². The Bertz CT molecular complexity index is 478. The van der Waals surface area contributed by atoms with Gasteiger partial charge in [0.2, 0.25) is 5.84 Å². The highest BCUT2D eigenvalue weighted by atomic mass is 15.5. The third-order valence-electron chi connectivity index (χ3n) is 3.59. The van der Waals surface area contributed by atoms with Gasteiger partial charge in [-0.3, -0.25) is 15.4 Å². The SMILES string of the molecule is c1ccc(N2CCC(=NC3=[NH+]CCCCC3)N2)cc1. The minimum Gasteiger partial charge on any atom is -0.285 e. The van der Waals surface area contributed by atoms with Gasteiger partial charge in [-0.25, -0.2) is 0 Å². The van der Waals surface area contributed by atoms with Crippen LogP contribution < -0.4 is 15.4 Å². The Morgan fingerprint density at radius 1 is 1.05 bits per heavy atom. The van der Waals surface area contributed by atoms with Crippen LogP contribution in [0.15, 0.2) is 35.3 Å². The molecule has 0 amide bonds. The van der Waals surface area contributed by atoms with Gasteiger partial charge in [-0.15, -0.1) is 0 Å². The van der Waals surface area contributed by atoms with Crippen molar-refractivity contribution in [2.24, 2.45) is 4.99 Å². The highest BCUT2D eigenvalue weighted by Gasteiger charge is 2.22. The van der Waals surface area contributed by atoms with Crippen LogP contribution in [0.1, 0.15) is 32.1 Å². The Hall–Kier alpha value is -1.84. The van der Waals surface area contributed by atoms with Crippen LogP contribution in [0, 0.1) is 0 Å². The first-order chi connectivity index (χ1) is 9.42. The van der Waals surface area contributed by atoms with E-state index in [1.54, 1.807) is 0 Å². The fraction of sp³-hybridized carbons (Fsp3) is 0.467. The van der Waals surface area contributed by atoms with Crippen molar-refractivity contribution in [3.8, 4) is 0 Å². The molecule has 0 atom stereocenters. The molecule has 4 nitrogen and oxygen atoms in total. The highest BCUT2D eigenvalue weighted by Crippen LogP contribution is 2.15. The van der Waals surface area contributed by atoms with Crippen molar-refractivity contribution in [3.05, 3.63) is 30.3 Å². The number of benzene rings is 1. The lowest BCUT2D eigenvalue weighted by Crippen LogP contribution is -2.72. The molecule has 100 valence electrons. The number of rotatable bonds is 1. The summed E-state index contributed by atoms with van der Waals surface area (Å²) in [5.41, 5.74) is 4.60. The lowest BCUT2D eigenvalue weighted by molar-refractivity contribution is -0.458. The predicted molar refractivity (Wildman–Crippen MR) is 78.3 cm³/mol. The maximum Gasteiger partial charge on any atom is 0.293 e. The third-order valence-corrected chi connectivity index (χ3v) is 3.59. The second kappa shape index (κ2) is 5.87. The van der Waals surface area contributed by atoms with Gasteiger partial charge in [0.1, 0.15) is 0 Å². The summed E-state index contributed by atoms with van der Waals surface area (Å²) in [6, 6.07) is 10.4. The van der Waals surface area contributed by atoms with Gasteiger partial charge in [-0.1, -0.05) is 18.2 Å². The zero-order valence-electron chi connectivity index (χ0n) is 11.2. The monoisotopic (exact) mass is 257 g/mol. The Balaban J connectivity index is 1.67. The number of nitrogens with zero attached hydrogens (tertiary/aromatic N) is 2. The Kier molecular flexibility index (Phi) is 3.77. The molecule has 1 saturated heterocycles. The molecule has 2 N–H and O–H groups in total. The first-order valence-electron chi connectivity index (χ1n) is 7.18. The van der Waals surface area contributed by atoms with E-state index < -0.39 is 0 Å². The first kappa shape index (κ1) is 12.2. The lowest BCUT2D eigenvalue weighted by atomic mass is 10.2. The van der Waals surface area contributed by atoms with Crippen molar-refractivity contribution in [3.63, 3.8) is 0 Å². The molecule has 0 unspecified atom stereocenters. The topological polar surface area (TPSA) is 41.6 Å². The zero-order valence-corrected chi connectivity index (χ0v) is 11.2. The normalized spacial score (nSPS) is 22.0. The smallest absolute Gasteiger partial charge is 0.285 e. The Morgan fingerprint density at radius 2 is 1.95 bits per heavy atom. The van der Waals surface area contributed by atoms with Crippen LogP contribution in [-0.2, 0) is 0 Å². The molecule has 0 aromatic heterocycles. The van der Waals surface area contributed by atoms with E-state index in [2.05, 4.69) is 39.7 Å². The summed E-state index contributed by atoms with van der Waals surface area (Å²) < 4.78 is 0. The van der Waals surface area contributed by atoms with Crippen molar-refractivity contribution in [2.45, 2.75) is 32.1 Å². The molecular formula is C15H21N4+. The van der Waals surface area contributed by atoms with Crippen LogP contribution in [0.5, 0.6) is 0 Å². The van der Waals surface area contributed by atoms with Crippen molar-refractivity contribution in [2.75, 3.05) is 18.1 Å². The second-order valence-corrected chi connectivity index (χ2v) is 5.09. The quantitative estimate of drug-likeness (QED) is 0.783. The summed E-state index contributed by atoms with van der Waals surface area (Å²) in [4.78, 5) is 8.17. The van der Waals surface area contributed by atoms with Gasteiger partial charge in [-0.2, -0.15) is 0 Å². The number of anilines is 1. The molecule has 0 aliphatic carbocycles. The molecular weight excluding hydrogens is 236 g/mol. The first-order valence-corrected chi connectivity index (χ1v) is 7.18. The number of nitrogens with one attached hydrogen (secondary N) is 2. The summed E-state index contributed by atoms with van der Waals surface area (Å²) in [5.74, 6) is 2.23. The molecule has 1 aromatic carbocycles. The zero-order chi connectivity index (χ0) is 12.9. The van der Waals surface area contributed by atoms with Crippen LogP contribution in [0.4, 0.5) is 5.69 Å². The summed E-state index contributed by atoms with van der Waals surface area (Å²) in [6.45, 7) is 2.05. The fourth-order valence-corrected chi connectivity index (χ4v) is 2.54. The van der Waals surface area contributed by atoms with E-state index in [-0.39, 0.29) is 0 Å². The Morgan fingerprint density at radius 3 is 2.84 bits per heavy atom. The average Bonchev–Trinajstić information content (AvgIpc) is 2.76. The molecule has 2 aliphatic heterocycles. The van der Waals surface area contributed by atoms with Crippen LogP contribution in [0.25, 0.3) is 0 Å². The molecule has 1 aromatic rings. The van der Waals surface area contributed by atoms with Gasteiger partial charge in [0.05, 0.1) is 25.1 Å². The van der Waals surface area contributed by atoms with Crippen LogP contribution in [-0.4, -0.2) is 24.8 Å². The summed E-state index contributed by atoms with van der Waals surface area (Å²) >= 11 is 0. The van der Waals surface area contributed by atoms with E-state index >= 15 is 0 Å². The maximum absolute atomic E-state index is 4.74. The third kappa shape index (κ3) is 3.13. The minimum absolute atomic E-state index is 0.982. The average molecular weight is 257 g/mol. The summed E-state index contributed by atoms with van der Waals surface area (Å²) in [6.07, 6.45) is 5.89. The van der Waals surface area contributed by atoms with Gasteiger partial charge in [0.25, 0.3) is 5.84 Å². The summed E-state index contributed by atoms with van der Waals surface area (Å²) in [5, 5.41) is 2.16. The molecule has 2 aliphatic rings. The minimum atomic E-state index is 0.982. The molecule has 3 rings (SSSR count). The molecule has 0 bridgehead atoms. The van der Waals surface area contributed by atoms with Gasteiger partial charge in [0, 0.05) is 6.54 Å². The molecule has 0 radical (unpaired) electrons. The number of para-hydroxylation sites is 1. The number of hydrogen-bond donors (Lipinski definition) is 2. The molecule has 4 heteroatoms. The molecule has 1 fully saturated rings. The van der Waals surface area contributed by atoms with E-state index in [0.29, 0.717) is 0 Å². The van der Waals surface area contributed by atoms with Crippen molar-refractivity contribution < 1.29 is 4.99 Å². The lowest BCUT2D eigenvalue weighted by Gasteiger charge is -2.16. The van der Waals surface area contributed by atoms with Crippen molar-refractivity contribution >= 4 is 17.4 Å². The van der Waals surface area contributed by atoms with E-state index in [1.807, 2.05) is 6.07 Å². The highest BCUT2D eigenvalue weighted by molar-refractivity contribution is 5.96. The van der Waals surface area contributed by atoms with Crippen LogP contribution >= 0.6 is 0 Å². The van der Waals surface area contributed by atoms with Crippen LogP contribution in [0.3, 0.4) is 0 Å². The Labute approximate surface area is 114 Å². The van der Waals surface area contributed by atoms with E-state index in [1.165, 1.54) is 24.9 Å². The fourth-order valence-electron chi connectivity index (χ4n) is 2.54.